The number of nitrogens with zero attached hydrogens (tertiary/aromatic N) is 4. The molecule has 0 aliphatic carbocycles. The zero-order valence-corrected chi connectivity index (χ0v) is 18.9. The lowest BCUT2D eigenvalue weighted by Crippen LogP contribution is -2.34. The maximum absolute atomic E-state index is 12.4. The lowest BCUT2D eigenvalue weighted by atomic mass is 10.1. The Morgan fingerprint density at radius 1 is 1.11 bits per heavy atom. The largest absolute Gasteiger partial charge is 0.405 e. The summed E-state index contributed by atoms with van der Waals surface area (Å²) < 4.78 is 0. The predicted molar refractivity (Wildman–Crippen MR) is 135 cm³/mol. The van der Waals surface area contributed by atoms with Gasteiger partial charge in [-0.15, -0.1) is 0 Å². The van der Waals surface area contributed by atoms with Crippen molar-refractivity contribution >= 4 is 28.3 Å². The summed E-state index contributed by atoms with van der Waals surface area (Å²) in [6.07, 6.45) is 7.71. The van der Waals surface area contributed by atoms with E-state index in [1.165, 1.54) is 18.0 Å². The van der Waals surface area contributed by atoms with E-state index < -0.39 is 0 Å². The molecule has 0 bridgehead atoms. The highest BCUT2D eigenvalue weighted by molar-refractivity contribution is 5.83. The second-order valence-electron chi connectivity index (χ2n) is 8.22. The van der Waals surface area contributed by atoms with E-state index in [0.29, 0.717) is 30.4 Å². The predicted octanol–water partition coefficient (Wildman–Crippen LogP) is 2.47. The summed E-state index contributed by atoms with van der Waals surface area (Å²) in [6.45, 7) is 1.60. The number of nitrogens with two attached hydrogens (primary N) is 2. The lowest BCUT2D eigenvalue weighted by Gasteiger charge is -2.14. The topological polar surface area (TPSA) is 151 Å². The molecule has 0 spiro atoms. The van der Waals surface area contributed by atoms with Gasteiger partial charge in [-0.05, 0) is 53.7 Å². The average molecular weight is 468 g/mol. The van der Waals surface area contributed by atoms with Crippen LogP contribution in [0.2, 0.25) is 0 Å². The first-order valence-electron chi connectivity index (χ1n) is 11.1. The van der Waals surface area contributed by atoms with Crippen molar-refractivity contribution in [1.82, 2.24) is 30.4 Å². The van der Waals surface area contributed by atoms with Gasteiger partial charge in [0.2, 0.25) is 5.91 Å². The normalized spacial score (nSPS) is 13.9. The number of carbonyl (C=O) groups is 1. The minimum Gasteiger partial charge on any atom is -0.405 e. The van der Waals surface area contributed by atoms with E-state index in [9.17, 15) is 4.79 Å². The Balaban J connectivity index is 1.27. The maximum Gasteiger partial charge on any atom is 0.238 e. The quantitative estimate of drug-likeness (QED) is 0.260. The molecule has 0 saturated heterocycles. The minimum absolute atomic E-state index is 0.149. The molecule has 3 heterocycles. The van der Waals surface area contributed by atoms with E-state index in [-0.39, 0.29) is 12.5 Å². The number of aromatic amines is 1. The van der Waals surface area contributed by atoms with Gasteiger partial charge in [0.25, 0.3) is 0 Å². The van der Waals surface area contributed by atoms with Crippen molar-refractivity contribution in [2.45, 2.75) is 13.1 Å². The summed E-state index contributed by atoms with van der Waals surface area (Å²) in [5, 5.41) is 14.1. The molecular weight excluding hydrogens is 442 g/mol. The van der Waals surface area contributed by atoms with Gasteiger partial charge in [0, 0.05) is 42.1 Å². The first kappa shape index (κ1) is 22.1. The van der Waals surface area contributed by atoms with Gasteiger partial charge in [-0.2, -0.15) is 5.10 Å². The fraction of sp³-hybridized carbons (Fsp3) is 0.120. The van der Waals surface area contributed by atoms with Crippen molar-refractivity contribution in [1.29, 1.82) is 0 Å². The van der Waals surface area contributed by atoms with Crippen LogP contribution in [-0.2, 0) is 17.9 Å². The van der Waals surface area contributed by atoms with Crippen LogP contribution in [0.5, 0.6) is 0 Å². The summed E-state index contributed by atoms with van der Waals surface area (Å²) >= 11 is 0. The van der Waals surface area contributed by atoms with Crippen molar-refractivity contribution in [3.8, 4) is 11.4 Å². The first-order valence-corrected chi connectivity index (χ1v) is 11.1. The number of hydrogen-bond donors (Lipinski definition) is 5. The monoisotopic (exact) mass is 467 g/mol. The van der Waals surface area contributed by atoms with E-state index in [2.05, 4.69) is 42.8 Å². The maximum atomic E-state index is 12.4. The van der Waals surface area contributed by atoms with Crippen LogP contribution in [0.1, 0.15) is 11.1 Å². The van der Waals surface area contributed by atoms with Crippen LogP contribution in [0.25, 0.3) is 22.3 Å². The molecule has 5 rings (SSSR count). The van der Waals surface area contributed by atoms with Crippen LogP contribution < -0.4 is 22.1 Å². The van der Waals surface area contributed by atoms with Gasteiger partial charge in [0.05, 0.1) is 24.0 Å². The standard InChI is InChI=1S/C25H25N9O/c26-7-5-21(11-27)31-24(35)15-34-13-17-2-1-16(9-19(17)14-34)25-28-8-6-23(32-25)30-20-3-4-22-18(10-20)12-29-33-22/h1-12H,13-15,26-27H2,(H,29,33)(H,31,35)(H,28,30,32)/b7-5-,21-11+. The van der Waals surface area contributed by atoms with Crippen molar-refractivity contribution in [3.63, 3.8) is 0 Å². The zero-order valence-electron chi connectivity index (χ0n) is 18.9. The number of rotatable bonds is 7. The highest BCUT2D eigenvalue weighted by atomic mass is 16.2. The van der Waals surface area contributed by atoms with Gasteiger partial charge in [0.1, 0.15) is 5.82 Å². The number of allylic oxidation sites excluding steroid dienone is 1. The number of H-pyrrole nitrogens is 1. The van der Waals surface area contributed by atoms with Crippen LogP contribution in [0, 0.1) is 0 Å². The molecule has 176 valence electrons. The molecule has 0 unspecified atom stereocenters. The molecule has 35 heavy (non-hydrogen) atoms. The van der Waals surface area contributed by atoms with Crippen molar-refractivity contribution in [2.75, 3.05) is 11.9 Å². The lowest BCUT2D eigenvalue weighted by molar-refractivity contribution is -0.121. The number of amides is 1. The zero-order chi connectivity index (χ0) is 24.2. The molecule has 0 saturated carbocycles. The average Bonchev–Trinajstić information content (AvgIpc) is 3.49. The van der Waals surface area contributed by atoms with Crippen molar-refractivity contribution in [3.05, 3.63) is 90.2 Å². The molecule has 10 heteroatoms. The molecule has 0 atom stereocenters. The Kier molecular flexibility index (Phi) is 6.10. The number of aromatic nitrogens is 4. The number of fused-ring (bicyclic) bond motifs is 2. The summed E-state index contributed by atoms with van der Waals surface area (Å²) in [7, 11) is 0. The van der Waals surface area contributed by atoms with Crippen LogP contribution in [-0.4, -0.2) is 37.5 Å². The third-order valence-electron chi connectivity index (χ3n) is 5.73. The molecule has 4 aromatic rings. The van der Waals surface area contributed by atoms with Gasteiger partial charge in [-0.25, -0.2) is 9.97 Å². The van der Waals surface area contributed by atoms with Gasteiger partial charge in [-0.1, -0.05) is 12.1 Å². The molecule has 1 aliphatic rings. The summed E-state index contributed by atoms with van der Waals surface area (Å²) in [5.41, 5.74) is 16.5. The minimum atomic E-state index is -0.149. The third kappa shape index (κ3) is 4.97. The Labute approximate surface area is 201 Å². The summed E-state index contributed by atoms with van der Waals surface area (Å²) in [5.74, 6) is 1.18. The molecule has 1 aliphatic heterocycles. The van der Waals surface area contributed by atoms with Gasteiger partial charge in [-0.3, -0.25) is 14.8 Å². The fourth-order valence-electron chi connectivity index (χ4n) is 4.10. The number of hydrogen-bond acceptors (Lipinski definition) is 8. The van der Waals surface area contributed by atoms with E-state index >= 15 is 0 Å². The first-order chi connectivity index (χ1) is 17.1. The number of nitrogens with one attached hydrogen (secondary N) is 3. The Bertz CT molecular complexity index is 1440. The molecule has 7 N–H and O–H groups in total. The molecule has 1 amide bonds. The van der Waals surface area contributed by atoms with Crippen LogP contribution in [0.3, 0.4) is 0 Å². The van der Waals surface area contributed by atoms with Crippen LogP contribution in [0.15, 0.2) is 79.0 Å². The van der Waals surface area contributed by atoms with Crippen LogP contribution in [0.4, 0.5) is 11.5 Å². The smallest absolute Gasteiger partial charge is 0.238 e. The molecule has 2 aromatic carbocycles. The SMILES string of the molecule is N/C=C\C(=C/N)NC(=O)CN1Cc2ccc(-c3nccc(Nc4ccc5[nH]ncc5c4)n3)cc2C1. The van der Waals surface area contributed by atoms with E-state index in [4.69, 9.17) is 16.5 Å². The van der Waals surface area contributed by atoms with E-state index in [1.54, 1.807) is 18.5 Å². The van der Waals surface area contributed by atoms with Gasteiger partial charge >= 0.3 is 0 Å². The Hall–Kier alpha value is -4.70. The number of anilines is 2. The fourth-order valence-corrected chi connectivity index (χ4v) is 4.10. The van der Waals surface area contributed by atoms with Crippen molar-refractivity contribution in [2.24, 2.45) is 11.5 Å². The van der Waals surface area contributed by atoms with Crippen LogP contribution >= 0.6 is 0 Å². The molecular formula is C25H25N9O. The molecule has 10 nitrogen and oxygen atoms in total. The molecule has 2 aromatic heterocycles. The number of benzene rings is 2. The number of carbonyl (C=O) groups excluding carboxylic acids is 1. The van der Waals surface area contributed by atoms with E-state index in [0.717, 1.165) is 27.7 Å². The van der Waals surface area contributed by atoms with Gasteiger partial charge in [0.15, 0.2) is 5.82 Å². The molecule has 0 fully saturated rings. The van der Waals surface area contributed by atoms with Gasteiger partial charge < -0.3 is 22.1 Å². The molecule has 0 radical (unpaired) electrons. The second-order valence-corrected chi connectivity index (χ2v) is 8.22. The van der Waals surface area contributed by atoms with E-state index in [1.807, 2.05) is 30.3 Å². The summed E-state index contributed by atoms with van der Waals surface area (Å²) in [4.78, 5) is 23.6. The Morgan fingerprint density at radius 2 is 2.00 bits per heavy atom. The summed E-state index contributed by atoms with van der Waals surface area (Å²) in [6, 6.07) is 14.0. The highest BCUT2D eigenvalue weighted by Crippen LogP contribution is 2.28. The second kappa shape index (κ2) is 9.65. The Morgan fingerprint density at radius 3 is 2.86 bits per heavy atom. The van der Waals surface area contributed by atoms with Crippen molar-refractivity contribution < 1.29 is 4.79 Å². The third-order valence-corrected chi connectivity index (χ3v) is 5.73. The highest BCUT2D eigenvalue weighted by Gasteiger charge is 2.22.